The number of aryl methyl sites for hydroxylation is 1. The molecule has 0 aliphatic carbocycles. The smallest absolute Gasteiger partial charge is 0.407 e. The molecule has 6 N–H and O–H groups in total. The molecule has 75 heavy (non-hydrogen) atoms. The standard InChI is InChI=1S/C54H68F2N10O9/c1-53(2,3)46(60-52(73)74-8)48(68)58-42(43(67)31-65(62-49(69)47(54(4,5)6)59-51(71)72)30-38-39(55)25-35(26-40(38)56)41-21-22-63(7)61-41)24-33-14-11-32(12-15-33)13-16-34-17-20-45(57-27-34)64-28-36-18-19-37(29-64)66(36)50(70)44-10-9-23-75-44/h11-12,14-15,17,20-22,25-27,36-37,42-44,46-47,59,67H,9-10,18-19,23-24,28-31H2,1-8H3,(H,58,68)(H,60,73)(H,62,69)(H,71,72)/t36?,37?,42-,43-,44-,46+,47+/m0/s1. The Morgan fingerprint density at radius 1 is 0.867 bits per heavy atom. The maximum absolute atomic E-state index is 16.0. The molecule has 7 rings (SSSR count). The molecule has 3 aliphatic rings. The van der Waals surface area contributed by atoms with Crippen LogP contribution in [0.4, 0.5) is 24.2 Å². The maximum atomic E-state index is 16.0. The first-order valence-electron chi connectivity index (χ1n) is 25.1. The van der Waals surface area contributed by atoms with E-state index in [1.807, 2.05) is 17.0 Å². The number of carboxylic acid groups (broad SMARTS) is 1. The molecule has 0 spiro atoms. The number of methoxy groups -OCH3 is 1. The van der Waals surface area contributed by atoms with E-state index in [-0.39, 0.29) is 36.1 Å². The van der Waals surface area contributed by atoms with Crippen molar-refractivity contribution >= 4 is 35.7 Å². The Bertz CT molecular complexity index is 2730. The maximum Gasteiger partial charge on any atom is 0.407 e. The number of anilines is 1. The Morgan fingerprint density at radius 2 is 1.49 bits per heavy atom. The van der Waals surface area contributed by atoms with Crippen LogP contribution in [0.3, 0.4) is 0 Å². The number of rotatable bonds is 16. The van der Waals surface area contributed by atoms with E-state index in [0.29, 0.717) is 42.1 Å². The monoisotopic (exact) mass is 1040 g/mol. The second-order valence-corrected chi connectivity index (χ2v) is 21.6. The molecule has 3 aliphatic heterocycles. The van der Waals surface area contributed by atoms with Gasteiger partial charge in [-0.2, -0.15) is 5.10 Å². The van der Waals surface area contributed by atoms with Crippen molar-refractivity contribution in [3.63, 3.8) is 0 Å². The number of aliphatic hydroxyl groups excluding tert-OH is 1. The van der Waals surface area contributed by atoms with Crippen molar-refractivity contribution in [2.24, 2.45) is 17.9 Å². The van der Waals surface area contributed by atoms with Gasteiger partial charge in [-0.05, 0) is 91.0 Å². The Hall–Kier alpha value is -7.15. The molecule has 402 valence electrons. The van der Waals surface area contributed by atoms with Crippen molar-refractivity contribution in [1.29, 1.82) is 0 Å². The van der Waals surface area contributed by atoms with Crippen LogP contribution in [0.2, 0.25) is 0 Å². The van der Waals surface area contributed by atoms with Crippen LogP contribution in [-0.4, -0.2) is 141 Å². The van der Waals surface area contributed by atoms with Crippen molar-refractivity contribution in [3.8, 4) is 23.1 Å². The van der Waals surface area contributed by atoms with Crippen LogP contribution in [0.15, 0.2) is 67.0 Å². The fourth-order valence-corrected chi connectivity index (χ4v) is 9.74. The van der Waals surface area contributed by atoms with Crippen LogP contribution in [0.1, 0.15) is 89.5 Å². The van der Waals surface area contributed by atoms with Crippen molar-refractivity contribution in [3.05, 3.63) is 101 Å². The number of pyridine rings is 1. The molecule has 2 aromatic carbocycles. The third kappa shape index (κ3) is 14.2. The number of aromatic nitrogens is 3. The zero-order valence-corrected chi connectivity index (χ0v) is 43.7. The lowest BCUT2D eigenvalue weighted by atomic mass is 9.85. The number of amides is 5. The predicted molar refractivity (Wildman–Crippen MR) is 273 cm³/mol. The Labute approximate surface area is 435 Å². The molecule has 5 amide bonds. The zero-order chi connectivity index (χ0) is 54.4. The number of aliphatic hydroxyl groups is 1. The highest BCUT2D eigenvalue weighted by Gasteiger charge is 2.45. The molecule has 0 radical (unpaired) electrons. The summed E-state index contributed by atoms with van der Waals surface area (Å²) in [5, 5.41) is 34.7. The van der Waals surface area contributed by atoms with Crippen molar-refractivity contribution in [2.75, 3.05) is 38.3 Å². The van der Waals surface area contributed by atoms with Crippen molar-refractivity contribution in [2.45, 2.75) is 123 Å². The van der Waals surface area contributed by atoms with Gasteiger partial charge in [-0.3, -0.25) is 24.5 Å². The van der Waals surface area contributed by atoms with E-state index in [0.717, 1.165) is 55.8 Å². The van der Waals surface area contributed by atoms with Gasteiger partial charge in [0.05, 0.1) is 24.9 Å². The topological polar surface area (TPSA) is 233 Å². The summed E-state index contributed by atoms with van der Waals surface area (Å²) < 4.78 is 43.9. The van der Waals surface area contributed by atoms with Gasteiger partial charge in [0.1, 0.15) is 35.6 Å². The molecule has 3 saturated heterocycles. The van der Waals surface area contributed by atoms with E-state index in [4.69, 9.17) is 14.5 Å². The van der Waals surface area contributed by atoms with Gasteiger partial charge >= 0.3 is 12.2 Å². The summed E-state index contributed by atoms with van der Waals surface area (Å²) in [7, 11) is 2.81. The van der Waals surface area contributed by atoms with Crippen LogP contribution in [0.25, 0.3) is 11.3 Å². The number of halogens is 2. The molecule has 2 unspecified atom stereocenters. The van der Waals surface area contributed by atoms with E-state index in [9.17, 15) is 34.2 Å². The van der Waals surface area contributed by atoms with Crippen molar-refractivity contribution < 1.29 is 52.4 Å². The minimum absolute atomic E-state index is 0.0198. The number of ether oxygens (including phenoxy) is 2. The summed E-state index contributed by atoms with van der Waals surface area (Å²) >= 11 is 0. The van der Waals surface area contributed by atoms with Gasteiger partial charge in [0.25, 0.3) is 11.8 Å². The number of carbonyl (C=O) groups excluding carboxylic acids is 4. The van der Waals surface area contributed by atoms with Crippen LogP contribution >= 0.6 is 0 Å². The lowest BCUT2D eigenvalue weighted by Gasteiger charge is -2.42. The highest BCUT2D eigenvalue weighted by atomic mass is 19.1. The molecule has 5 heterocycles. The summed E-state index contributed by atoms with van der Waals surface area (Å²) in [4.78, 5) is 74.6. The van der Waals surface area contributed by atoms with Gasteiger partial charge in [0, 0.05) is 86.6 Å². The normalized spacial score (nSPS) is 19.1. The molecule has 19 nitrogen and oxygen atoms in total. The first-order chi connectivity index (χ1) is 35.5. The largest absolute Gasteiger partial charge is 0.465 e. The summed E-state index contributed by atoms with van der Waals surface area (Å²) in [5.74, 6) is 3.70. The fourth-order valence-electron chi connectivity index (χ4n) is 9.74. The third-order valence-electron chi connectivity index (χ3n) is 13.7. The number of hydrazine groups is 1. The number of hydrogen-bond acceptors (Lipinski definition) is 12. The fraction of sp³-hybridized carbons (Fsp3) is 0.500. The predicted octanol–water partition coefficient (Wildman–Crippen LogP) is 4.89. The Kier molecular flexibility index (Phi) is 17.5. The van der Waals surface area contributed by atoms with Gasteiger partial charge in [0.15, 0.2) is 0 Å². The Balaban J connectivity index is 1.10. The van der Waals surface area contributed by atoms with Gasteiger partial charge in [-0.25, -0.2) is 28.4 Å². The summed E-state index contributed by atoms with van der Waals surface area (Å²) in [6.07, 6.45) is 2.62. The molecule has 4 aromatic rings. The number of hydrogen-bond donors (Lipinski definition) is 6. The zero-order valence-electron chi connectivity index (χ0n) is 43.7. The highest BCUT2D eigenvalue weighted by Crippen LogP contribution is 2.34. The summed E-state index contributed by atoms with van der Waals surface area (Å²) in [6.45, 7) is 10.9. The van der Waals surface area contributed by atoms with Crippen LogP contribution in [0.5, 0.6) is 0 Å². The van der Waals surface area contributed by atoms with Gasteiger partial charge in [0.2, 0.25) is 5.91 Å². The van der Waals surface area contributed by atoms with Gasteiger partial charge in [-0.15, -0.1) is 0 Å². The van der Waals surface area contributed by atoms with E-state index < -0.39 is 89.3 Å². The van der Waals surface area contributed by atoms with E-state index in [1.165, 1.54) is 4.68 Å². The number of benzene rings is 2. The molecular weight excluding hydrogens is 971 g/mol. The number of piperazine rings is 1. The molecule has 21 heteroatoms. The summed E-state index contributed by atoms with van der Waals surface area (Å²) in [5.41, 5.74) is 2.68. The quantitative estimate of drug-likeness (QED) is 0.0649. The molecule has 7 atom stereocenters. The van der Waals surface area contributed by atoms with Crippen LogP contribution in [0, 0.1) is 34.3 Å². The van der Waals surface area contributed by atoms with E-state index >= 15 is 8.78 Å². The minimum atomic E-state index is -1.59. The average Bonchev–Trinajstić information content (AvgIpc) is 4.12. The number of carbonyl (C=O) groups is 5. The minimum Gasteiger partial charge on any atom is -0.465 e. The average molecular weight is 1040 g/mol. The van der Waals surface area contributed by atoms with Crippen molar-refractivity contribution in [1.82, 2.24) is 46.0 Å². The third-order valence-corrected chi connectivity index (χ3v) is 13.7. The van der Waals surface area contributed by atoms with Crippen LogP contribution in [-0.2, 0) is 43.9 Å². The van der Waals surface area contributed by atoms with E-state index in [2.05, 4.69) is 43.2 Å². The van der Waals surface area contributed by atoms with Crippen LogP contribution < -0.4 is 26.3 Å². The molecule has 2 aromatic heterocycles. The second-order valence-electron chi connectivity index (χ2n) is 21.6. The van der Waals surface area contributed by atoms with Gasteiger partial charge < -0.3 is 45.4 Å². The molecule has 3 fully saturated rings. The van der Waals surface area contributed by atoms with E-state index in [1.54, 1.807) is 91.3 Å². The first-order valence-corrected chi connectivity index (χ1v) is 25.1. The SMILES string of the molecule is COC(=O)N[C@H](C(=O)N[C@@H](Cc1ccc(C#Cc2ccc(N3CC4CCC(C3)N4C(=O)[C@@H]3CCCO3)nc2)cc1)[C@@H](O)CN(Cc1c(F)cc(-c2ccn(C)n2)cc1F)NC(=O)[C@@H](NC(=O)O)C(C)(C)C)C(C)(C)C. The number of nitrogens with zero attached hydrogens (tertiary/aromatic N) is 6. The second kappa shape index (κ2) is 23.6. The molecular formula is C54H68F2N10O9. The molecule has 0 saturated carbocycles. The highest BCUT2D eigenvalue weighted by molar-refractivity contribution is 5.87. The lowest BCUT2D eigenvalue weighted by molar-refractivity contribution is -0.144. The number of alkyl carbamates (subject to hydrolysis) is 1. The number of fused-ring (bicyclic) bond motifs is 2. The molecule has 2 bridgehead atoms. The lowest BCUT2D eigenvalue weighted by Crippen LogP contribution is -2.60. The Morgan fingerprint density at radius 3 is 2.04 bits per heavy atom. The van der Waals surface area contributed by atoms with Gasteiger partial charge in [-0.1, -0.05) is 65.5 Å². The number of nitrogens with one attached hydrogen (secondary N) is 4. The first kappa shape index (κ1) is 55.6. The summed E-state index contributed by atoms with van der Waals surface area (Å²) in [6, 6.07) is 11.2.